The van der Waals surface area contributed by atoms with E-state index in [1.165, 1.54) is 0 Å². The summed E-state index contributed by atoms with van der Waals surface area (Å²) in [5.74, 6) is 2.29. The van der Waals surface area contributed by atoms with Gasteiger partial charge in [-0.2, -0.15) is 0 Å². The van der Waals surface area contributed by atoms with E-state index in [1.807, 2.05) is 35.9 Å². The Morgan fingerprint density at radius 3 is 3.00 bits per heavy atom. The van der Waals surface area contributed by atoms with Crippen molar-refractivity contribution in [3.05, 3.63) is 28.0 Å². The molecule has 0 bridgehead atoms. The smallest absolute Gasteiger partial charge is 0.415 e. The fourth-order valence-corrected chi connectivity index (χ4v) is 3.26. The van der Waals surface area contributed by atoms with Crippen LogP contribution in [0.25, 0.3) is 11.4 Å². The van der Waals surface area contributed by atoms with Crippen LogP contribution in [0.15, 0.2) is 24.4 Å². The van der Waals surface area contributed by atoms with Gasteiger partial charge in [-0.1, -0.05) is 0 Å². The standard InChI is InChI=1S/C15H14IN3O3/c1-9-8-22-15(20)19(9)13-7-18-4-5-21-12-6-10(16)2-3-11(12)14(18)17-13/h2-3,6-7,9H,4-5,8H2,1H3/t9-/m1/s1. The SMILES string of the molecule is C[C@@H]1COC(=O)N1c1cn2c(n1)-c1ccc(I)cc1OCC2. The average molecular weight is 411 g/mol. The zero-order valence-corrected chi connectivity index (χ0v) is 14.1. The third-order valence-corrected chi connectivity index (χ3v) is 4.54. The van der Waals surface area contributed by atoms with Crippen molar-refractivity contribution in [2.75, 3.05) is 18.1 Å². The van der Waals surface area contributed by atoms with Gasteiger partial charge in [0.05, 0.1) is 18.2 Å². The molecule has 2 aliphatic heterocycles. The van der Waals surface area contributed by atoms with Gasteiger partial charge >= 0.3 is 6.09 Å². The molecular formula is C15H14IN3O3. The Hall–Kier alpha value is -1.77. The first-order valence-corrected chi connectivity index (χ1v) is 8.17. The fourth-order valence-electron chi connectivity index (χ4n) is 2.79. The number of carbonyl (C=O) groups is 1. The van der Waals surface area contributed by atoms with Gasteiger partial charge in [-0.15, -0.1) is 0 Å². The van der Waals surface area contributed by atoms with Crippen molar-refractivity contribution in [3.8, 4) is 17.1 Å². The van der Waals surface area contributed by atoms with Gasteiger partial charge in [-0.25, -0.2) is 9.78 Å². The van der Waals surface area contributed by atoms with E-state index >= 15 is 0 Å². The fraction of sp³-hybridized carbons (Fsp3) is 0.333. The van der Waals surface area contributed by atoms with Gasteiger partial charge in [-0.3, -0.25) is 4.90 Å². The predicted molar refractivity (Wildman–Crippen MR) is 89.2 cm³/mol. The number of benzene rings is 1. The molecule has 1 amide bonds. The van der Waals surface area contributed by atoms with Crippen molar-refractivity contribution in [1.82, 2.24) is 9.55 Å². The molecule has 1 aromatic heterocycles. The number of imidazole rings is 1. The molecule has 2 aliphatic rings. The minimum absolute atomic E-state index is 0.000849. The Bertz CT molecular complexity index is 758. The van der Waals surface area contributed by atoms with Gasteiger partial charge in [-0.05, 0) is 47.7 Å². The van der Waals surface area contributed by atoms with Crippen LogP contribution in [0.1, 0.15) is 6.92 Å². The molecule has 1 aromatic carbocycles. The quantitative estimate of drug-likeness (QED) is 0.678. The molecule has 0 aliphatic carbocycles. The summed E-state index contributed by atoms with van der Waals surface area (Å²) >= 11 is 2.26. The van der Waals surface area contributed by atoms with Crippen molar-refractivity contribution in [2.45, 2.75) is 19.5 Å². The topological polar surface area (TPSA) is 56.6 Å². The number of nitrogens with zero attached hydrogens (tertiary/aromatic N) is 3. The van der Waals surface area contributed by atoms with E-state index in [4.69, 9.17) is 9.47 Å². The molecule has 1 atom stereocenters. The predicted octanol–water partition coefficient (Wildman–Crippen LogP) is 2.89. The van der Waals surface area contributed by atoms with Crippen molar-refractivity contribution < 1.29 is 14.3 Å². The van der Waals surface area contributed by atoms with Gasteiger partial charge in [0, 0.05) is 9.77 Å². The molecule has 6 nitrogen and oxygen atoms in total. The highest BCUT2D eigenvalue weighted by Crippen LogP contribution is 2.35. The van der Waals surface area contributed by atoms with Crippen molar-refractivity contribution in [2.24, 2.45) is 0 Å². The average Bonchev–Trinajstić information content (AvgIpc) is 2.98. The van der Waals surface area contributed by atoms with Gasteiger partial charge in [0.2, 0.25) is 0 Å². The molecule has 1 fully saturated rings. The zero-order chi connectivity index (χ0) is 15.3. The monoisotopic (exact) mass is 411 g/mol. The Morgan fingerprint density at radius 1 is 1.36 bits per heavy atom. The summed E-state index contributed by atoms with van der Waals surface area (Å²) in [6, 6.07) is 6.04. The summed E-state index contributed by atoms with van der Waals surface area (Å²) in [6.45, 7) is 3.63. The molecule has 7 heteroatoms. The highest BCUT2D eigenvalue weighted by molar-refractivity contribution is 14.1. The maximum absolute atomic E-state index is 11.9. The molecule has 4 rings (SSSR count). The maximum atomic E-state index is 11.9. The maximum Gasteiger partial charge on any atom is 0.415 e. The van der Waals surface area contributed by atoms with E-state index in [1.54, 1.807) is 4.90 Å². The van der Waals surface area contributed by atoms with Gasteiger partial charge in [0.15, 0.2) is 5.82 Å². The first-order chi connectivity index (χ1) is 10.6. The van der Waals surface area contributed by atoms with Gasteiger partial charge in [0.25, 0.3) is 0 Å². The van der Waals surface area contributed by atoms with Crippen LogP contribution in [0.5, 0.6) is 5.75 Å². The number of ether oxygens (including phenoxy) is 2. The number of amides is 1. The molecule has 1 saturated heterocycles. The van der Waals surface area contributed by atoms with E-state index in [9.17, 15) is 4.79 Å². The largest absolute Gasteiger partial charge is 0.491 e. The number of anilines is 1. The molecule has 0 N–H and O–H groups in total. The van der Waals surface area contributed by atoms with Crippen LogP contribution < -0.4 is 9.64 Å². The van der Waals surface area contributed by atoms with E-state index in [-0.39, 0.29) is 12.1 Å². The number of hydrogen-bond donors (Lipinski definition) is 0. The number of rotatable bonds is 1. The van der Waals surface area contributed by atoms with Crippen molar-refractivity contribution in [1.29, 1.82) is 0 Å². The summed E-state index contributed by atoms with van der Waals surface area (Å²) < 4.78 is 14.0. The van der Waals surface area contributed by atoms with Crippen LogP contribution in [0.3, 0.4) is 0 Å². The van der Waals surface area contributed by atoms with E-state index in [2.05, 4.69) is 27.6 Å². The molecule has 114 valence electrons. The summed E-state index contributed by atoms with van der Waals surface area (Å²) in [5.41, 5.74) is 0.949. The molecule has 0 spiro atoms. The van der Waals surface area contributed by atoms with Crippen molar-refractivity contribution >= 4 is 34.5 Å². The number of halogens is 1. The summed E-state index contributed by atoms with van der Waals surface area (Å²) in [7, 11) is 0. The molecular weight excluding hydrogens is 397 g/mol. The van der Waals surface area contributed by atoms with Crippen molar-refractivity contribution in [3.63, 3.8) is 0 Å². The number of cyclic esters (lactones) is 1. The van der Waals surface area contributed by atoms with E-state index in [0.29, 0.717) is 25.6 Å². The van der Waals surface area contributed by atoms with Crippen LogP contribution in [0, 0.1) is 3.57 Å². The highest BCUT2D eigenvalue weighted by atomic mass is 127. The second-order valence-corrected chi connectivity index (χ2v) is 6.65. The summed E-state index contributed by atoms with van der Waals surface area (Å²) in [4.78, 5) is 18.2. The molecule has 0 radical (unpaired) electrons. The summed E-state index contributed by atoms with van der Waals surface area (Å²) in [6.07, 6.45) is 1.56. The highest BCUT2D eigenvalue weighted by Gasteiger charge is 2.33. The molecule has 3 heterocycles. The molecule has 0 unspecified atom stereocenters. The Morgan fingerprint density at radius 2 is 2.23 bits per heavy atom. The lowest BCUT2D eigenvalue weighted by Gasteiger charge is -2.14. The zero-order valence-electron chi connectivity index (χ0n) is 12.0. The number of aromatic nitrogens is 2. The summed E-state index contributed by atoms with van der Waals surface area (Å²) in [5, 5.41) is 0. The third kappa shape index (κ3) is 2.15. The van der Waals surface area contributed by atoms with Crippen LogP contribution >= 0.6 is 22.6 Å². The van der Waals surface area contributed by atoms with E-state index < -0.39 is 0 Å². The molecule has 2 aromatic rings. The lowest BCUT2D eigenvalue weighted by atomic mass is 10.2. The normalized spacial score (nSPS) is 20.0. The lowest BCUT2D eigenvalue weighted by molar-refractivity contribution is 0.179. The second kappa shape index (κ2) is 5.15. The number of hydrogen-bond acceptors (Lipinski definition) is 4. The minimum atomic E-state index is -0.333. The van der Waals surface area contributed by atoms with Crippen LogP contribution in [-0.4, -0.2) is 34.9 Å². The van der Waals surface area contributed by atoms with Crippen LogP contribution in [-0.2, 0) is 11.3 Å². The third-order valence-electron chi connectivity index (χ3n) is 3.87. The first kappa shape index (κ1) is 13.9. The van der Waals surface area contributed by atoms with Crippen LogP contribution in [0.4, 0.5) is 10.6 Å². The lowest BCUT2D eigenvalue weighted by Crippen LogP contribution is -2.31. The Balaban J connectivity index is 1.82. The molecule has 0 saturated carbocycles. The Kier molecular flexibility index (Phi) is 3.24. The number of carbonyl (C=O) groups excluding carboxylic acids is 1. The van der Waals surface area contributed by atoms with E-state index in [0.717, 1.165) is 20.7 Å². The number of fused-ring (bicyclic) bond motifs is 3. The Labute approximate surface area is 141 Å². The van der Waals surface area contributed by atoms with Crippen LogP contribution in [0.2, 0.25) is 0 Å². The minimum Gasteiger partial charge on any atom is -0.491 e. The van der Waals surface area contributed by atoms with Gasteiger partial charge in [0.1, 0.15) is 24.8 Å². The molecule has 22 heavy (non-hydrogen) atoms. The van der Waals surface area contributed by atoms with Gasteiger partial charge < -0.3 is 14.0 Å². The second-order valence-electron chi connectivity index (χ2n) is 5.40. The first-order valence-electron chi connectivity index (χ1n) is 7.09.